The highest BCUT2D eigenvalue weighted by molar-refractivity contribution is 14.1. The molecule has 1 fully saturated rings. The van der Waals surface area contributed by atoms with Crippen molar-refractivity contribution in [1.82, 2.24) is 4.90 Å². The van der Waals surface area contributed by atoms with Gasteiger partial charge in [-0.2, -0.15) is 0 Å². The number of halogens is 1. The molecule has 0 atom stereocenters. The lowest BCUT2D eigenvalue weighted by Crippen LogP contribution is -2.39. The van der Waals surface area contributed by atoms with Crippen LogP contribution in [0.5, 0.6) is 0 Å². The number of ether oxygens (including phenoxy) is 1. The van der Waals surface area contributed by atoms with Gasteiger partial charge in [0.05, 0.1) is 4.55 Å². The number of nitrogens with zero attached hydrogens (tertiary/aromatic N) is 1. The van der Waals surface area contributed by atoms with E-state index in [1.54, 1.807) is 0 Å². The molecule has 1 saturated heterocycles. The normalized spacial score (nSPS) is 22.2. The van der Waals surface area contributed by atoms with Crippen molar-refractivity contribution in [3.05, 3.63) is 0 Å². The van der Waals surface area contributed by atoms with E-state index < -0.39 is 0 Å². The average molecular weight is 297 g/mol. The topological polar surface area (TPSA) is 12.5 Å². The van der Waals surface area contributed by atoms with Crippen LogP contribution >= 0.6 is 22.6 Å². The highest BCUT2D eigenvalue weighted by atomic mass is 127. The minimum Gasteiger partial charge on any atom is -0.381 e. The molecule has 1 aliphatic heterocycles. The lowest BCUT2D eigenvalue weighted by atomic mass is 9.77. The fourth-order valence-electron chi connectivity index (χ4n) is 2.04. The van der Waals surface area contributed by atoms with Gasteiger partial charge in [0.2, 0.25) is 0 Å². The average Bonchev–Trinajstić information content (AvgIpc) is 2.19. The Morgan fingerprint density at radius 1 is 1.38 bits per heavy atom. The fourth-order valence-corrected chi connectivity index (χ4v) is 2.28. The minimum atomic E-state index is 0.540. The Balaban J connectivity index is 2.47. The molecule has 3 heteroatoms. The summed E-state index contributed by atoms with van der Waals surface area (Å²) in [6.45, 7) is 5.47. The van der Waals surface area contributed by atoms with E-state index in [0.29, 0.717) is 5.41 Å². The first-order valence-corrected chi connectivity index (χ1v) is 6.57. The van der Waals surface area contributed by atoms with Crippen molar-refractivity contribution < 1.29 is 4.74 Å². The van der Waals surface area contributed by atoms with E-state index >= 15 is 0 Å². The molecule has 0 unspecified atom stereocenters. The van der Waals surface area contributed by atoms with Gasteiger partial charge in [0.25, 0.3) is 0 Å². The summed E-state index contributed by atoms with van der Waals surface area (Å²) in [7, 11) is 2.21. The molecule has 0 aliphatic carbocycles. The first-order chi connectivity index (χ1) is 6.22. The molecular weight excluding hydrogens is 277 g/mol. The van der Waals surface area contributed by atoms with Gasteiger partial charge in [0.15, 0.2) is 0 Å². The Kier molecular flexibility index (Phi) is 4.97. The monoisotopic (exact) mass is 297 g/mol. The first-order valence-electron chi connectivity index (χ1n) is 5.05. The quantitative estimate of drug-likeness (QED) is 0.449. The van der Waals surface area contributed by atoms with Crippen molar-refractivity contribution in [3.63, 3.8) is 0 Å². The van der Waals surface area contributed by atoms with Gasteiger partial charge in [-0.25, -0.2) is 0 Å². The molecule has 1 heterocycles. The Morgan fingerprint density at radius 2 is 2.00 bits per heavy atom. The third-order valence-electron chi connectivity index (χ3n) is 3.11. The first kappa shape index (κ1) is 11.7. The summed E-state index contributed by atoms with van der Waals surface area (Å²) < 4.78 is 6.55. The molecule has 78 valence electrons. The maximum atomic E-state index is 5.42. The van der Waals surface area contributed by atoms with Gasteiger partial charge >= 0.3 is 0 Å². The number of alkyl halides is 1. The highest BCUT2D eigenvalue weighted by Crippen LogP contribution is 2.34. The second-order valence-corrected chi connectivity index (χ2v) is 4.78. The molecule has 1 aliphatic rings. The van der Waals surface area contributed by atoms with Crippen molar-refractivity contribution in [2.75, 3.05) is 31.4 Å². The van der Waals surface area contributed by atoms with E-state index in [2.05, 4.69) is 41.5 Å². The van der Waals surface area contributed by atoms with Crippen LogP contribution in [0, 0.1) is 5.41 Å². The summed E-state index contributed by atoms with van der Waals surface area (Å²) in [5, 5.41) is 0. The van der Waals surface area contributed by atoms with Gasteiger partial charge in [-0.3, -0.25) is 4.90 Å². The number of hydrogen-bond donors (Lipinski definition) is 0. The summed E-state index contributed by atoms with van der Waals surface area (Å²) in [4.78, 5) is 2.41. The van der Waals surface area contributed by atoms with Crippen LogP contribution in [0.3, 0.4) is 0 Å². The van der Waals surface area contributed by atoms with E-state index in [1.807, 2.05) is 0 Å². The standard InChI is InChI=1S/C10H20INO/c1-3-10(8-12(2)9-11)4-6-13-7-5-10/h3-9H2,1-2H3. The molecule has 1 rings (SSSR count). The van der Waals surface area contributed by atoms with E-state index in [0.717, 1.165) is 17.8 Å². The number of hydrogen-bond acceptors (Lipinski definition) is 2. The van der Waals surface area contributed by atoms with Crippen LogP contribution in [-0.4, -0.2) is 36.3 Å². The summed E-state index contributed by atoms with van der Waals surface area (Å²) in [5.41, 5.74) is 0.540. The minimum absolute atomic E-state index is 0.540. The van der Waals surface area contributed by atoms with Crippen molar-refractivity contribution in [2.45, 2.75) is 26.2 Å². The van der Waals surface area contributed by atoms with E-state index in [-0.39, 0.29) is 0 Å². The maximum absolute atomic E-state index is 5.42. The van der Waals surface area contributed by atoms with Crippen LogP contribution in [0.1, 0.15) is 26.2 Å². The zero-order valence-electron chi connectivity index (χ0n) is 8.68. The lowest BCUT2D eigenvalue weighted by molar-refractivity contribution is -0.000222. The third kappa shape index (κ3) is 3.36. The Morgan fingerprint density at radius 3 is 2.46 bits per heavy atom. The smallest absolute Gasteiger partial charge is 0.0502 e. The Hall–Kier alpha value is 0.650. The fraction of sp³-hybridized carbons (Fsp3) is 1.00. The Labute approximate surface area is 95.2 Å². The van der Waals surface area contributed by atoms with Crippen molar-refractivity contribution in [3.8, 4) is 0 Å². The molecule has 0 aromatic carbocycles. The van der Waals surface area contributed by atoms with E-state index in [1.165, 1.54) is 25.8 Å². The van der Waals surface area contributed by atoms with Gasteiger partial charge in [-0.15, -0.1) is 0 Å². The Bertz CT molecular complexity index is 146. The molecule has 13 heavy (non-hydrogen) atoms. The van der Waals surface area contributed by atoms with Crippen LogP contribution in [0.4, 0.5) is 0 Å². The number of rotatable bonds is 4. The molecule has 2 nitrogen and oxygen atoms in total. The SMILES string of the molecule is CCC1(CN(C)CI)CCOCC1. The summed E-state index contributed by atoms with van der Waals surface area (Å²) in [6, 6.07) is 0. The zero-order valence-corrected chi connectivity index (χ0v) is 10.8. The molecular formula is C10H20INO. The van der Waals surface area contributed by atoms with Crippen LogP contribution in [0.15, 0.2) is 0 Å². The molecule has 0 aromatic heterocycles. The lowest BCUT2D eigenvalue weighted by Gasteiger charge is -2.39. The second-order valence-electron chi connectivity index (χ2n) is 4.10. The molecule has 0 aromatic rings. The van der Waals surface area contributed by atoms with Gasteiger partial charge < -0.3 is 4.74 Å². The summed E-state index contributed by atoms with van der Waals surface area (Å²) in [5.74, 6) is 0. The van der Waals surface area contributed by atoms with Gasteiger partial charge in [0.1, 0.15) is 0 Å². The molecule has 0 amide bonds. The largest absolute Gasteiger partial charge is 0.381 e. The van der Waals surface area contributed by atoms with Gasteiger partial charge in [-0.1, -0.05) is 29.5 Å². The molecule has 0 bridgehead atoms. The third-order valence-corrected chi connectivity index (χ3v) is 4.28. The van der Waals surface area contributed by atoms with Crippen molar-refractivity contribution >= 4 is 22.6 Å². The maximum Gasteiger partial charge on any atom is 0.0502 e. The highest BCUT2D eigenvalue weighted by Gasteiger charge is 2.31. The summed E-state index contributed by atoms with van der Waals surface area (Å²) in [6.07, 6.45) is 3.77. The van der Waals surface area contributed by atoms with E-state index in [9.17, 15) is 0 Å². The second kappa shape index (κ2) is 5.51. The predicted molar refractivity (Wildman–Crippen MR) is 64.3 cm³/mol. The van der Waals surface area contributed by atoms with Crippen molar-refractivity contribution in [1.29, 1.82) is 0 Å². The van der Waals surface area contributed by atoms with Crippen LogP contribution in [0.2, 0.25) is 0 Å². The van der Waals surface area contributed by atoms with Crippen LogP contribution < -0.4 is 0 Å². The van der Waals surface area contributed by atoms with Gasteiger partial charge in [0, 0.05) is 19.8 Å². The molecule has 0 radical (unpaired) electrons. The summed E-state index contributed by atoms with van der Waals surface area (Å²) >= 11 is 2.43. The van der Waals surface area contributed by atoms with Crippen LogP contribution in [0.25, 0.3) is 0 Å². The van der Waals surface area contributed by atoms with Crippen molar-refractivity contribution in [2.24, 2.45) is 5.41 Å². The zero-order chi connectivity index (χ0) is 9.73. The van der Waals surface area contributed by atoms with E-state index in [4.69, 9.17) is 4.74 Å². The van der Waals surface area contributed by atoms with Gasteiger partial charge in [-0.05, 0) is 31.7 Å². The molecule has 0 N–H and O–H groups in total. The molecule has 0 spiro atoms. The van der Waals surface area contributed by atoms with Crippen LogP contribution in [-0.2, 0) is 4.74 Å². The predicted octanol–water partition coefficient (Wildman–Crippen LogP) is 2.52. The molecule has 0 saturated carbocycles.